The number of nitrogens with zero attached hydrogens (tertiary/aromatic N) is 2. The number of benzene rings is 1. The van der Waals surface area contributed by atoms with Crippen molar-refractivity contribution in [2.75, 3.05) is 19.3 Å². The van der Waals surface area contributed by atoms with Crippen molar-refractivity contribution >= 4 is 20.9 Å². The normalized spacial score (nSPS) is 19.0. The molecule has 0 aliphatic carbocycles. The zero-order valence-corrected chi connectivity index (χ0v) is 13.5. The average molecular weight is 307 g/mol. The fraction of sp³-hybridized carbons (Fsp3) is 0.533. The number of nitrogens with one attached hydrogen (secondary N) is 1. The van der Waals surface area contributed by atoms with Gasteiger partial charge in [-0.15, -0.1) is 0 Å². The second-order valence-electron chi connectivity index (χ2n) is 6.20. The van der Waals surface area contributed by atoms with Gasteiger partial charge in [0.2, 0.25) is 0 Å². The van der Waals surface area contributed by atoms with E-state index < -0.39 is 9.84 Å². The van der Waals surface area contributed by atoms with Crippen molar-refractivity contribution in [3.63, 3.8) is 0 Å². The maximum Gasteiger partial charge on any atom is 0.177 e. The standard InChI is InChI=1S/C15H21N3O2S/c1-15(7-9-16-10-8-15)14-17-13-11(18(14)2)5-4-6-12(13)21(3,19)20/h4-6,16H,7-10H2,1-3H3. The van der Waals surface area contributed by atoms with Crippen LogP contribution in [0.1, 0.15) is 25.6 Å². The zero-order chi connectivity index (χ0) is 15.3. The molecule has 1 aromatic carbocycles. The SMILES string of the molecule is Cn1c(C2(C)CCNCC2)nc2c(S(C)(=O)=O)cccc21. The summed E-state index contributed by atoms with van der Waals surface area (Å²) in [5.74, 6) is 0.982. The molecule has 2 aromatic rings. The Bertz CT molecular complexity index is 787. The number of hydrogen-bond donors (Lipinski definition) is 1. The van der Waals surface area contributed by atoms with E-state index in [-0.39, 0.29) is 5.41 Å². The molecule has 21 heavy (non-hydrogen) atoms. The van der Waals surface area contributed by atoms with Crippen LogP contribution in [-0.4, -0.2) is 37.3 Å². The number of fused-ring (bicyclic) bond motifs is 1. The van der Waals surface area contributed by atoms with E-state index in [2.05, 4.69) is 16.8 Å². The molecule has 0 saturated carbocycles. The second-order valence-corrected chi connectivity index (χ2v) is 8.19. The molecular formula is C15H21N3O2S. The van der Waals surface area contributed by atoms with Gasteiger partial charge in [0.25, 0.3) is 0 Å². The highest BCUT2D eigenvalue weighted by molar-refractivity contribution is 7.91. The van der Waals surface area contributed by atoms with Crippen molar-refractivity contribution in [3.8, 4) is 0 Å². The molecule has 0 radical (unpaired) electrons. The summed E-state index contributed by atoms with van der Waals surface area (Å²) in [6.45, 7) is 4.16. The molecule has 1 aliphatic rings. The van der Waals surface area contributed by atoms with E-state index >= 15 is 0 Å². The summed E-state index contributed by atoms with van der Waals surface area (Å²) in [5, 5.41) is 3.37. The van der Waals surface area contributed by atoms with E-state index in [0.29, 0.717) is 10.4 Å². The lowest BCUT2D eigenvalue weighted by Gasteiger charge is -2.33. The van der Waals surface area contributed by atoms with Gasteiger partial charge < -0.3 is 9.88 Å². The number of imidazole rings is 1. The van der Waals surface area contributed by atoms with Crippen molar-refractivity contribution in [1.29, 1.82) is 0 Å². The molecule has 5 nitrogen and oxygen atoms in total. The fourth-order valence-electron chi connectivity index (χ4n) is 3.23. The molecular weight excluding hydrogens is 286 g/mol. The van der Waals surface area contributed by atoms with E-state index in [0.717, 1.165) is 37.3 Å². The minimum absolute atomic E-state index is 0.00616. The summed E-state index contributed by atoms with van der Waals surface area (Å²) < 4.78 is 26.0. The van der Waals surface area contributed by atoms with Crippen LogP contribution < -0.4 is 5.32 Å². The van der Waals surface area contributed by atoms with Crippen LogP contribution in [0.15, 0.2) is 23.1 Å². The highest BCUT2D eigenvalue weighted by Crippen LogP contribution is 2.35. The maximum absolute atomic E-state index is 12.0. The number of aryl methyl sites for hydroxylation is 1. The number of hydrogen-bond acceptors (Lipinski definition) is 4. The first-order valence-corrected chi connectivity index (χ1v) is 9.09. The molecule has 1 aromatic heterocycles. The third kappa shape index (κ3) is 2.36. The summed E-state index contributed by atoms with van der Waals surface area (Å²) in [5.41, 5.74) is 1.47. The van der Waals surface area contributed by atoms with Crippen LogP contribution in [0.25, 0.3) is 11.0 Å². The predicted octanol–water partition coefficient (Wildman–Crippen LogP) is 1.62. The average Bonchev–Trinajstić information content (AvgIpc) is 2.77. The molecule has 1 aliphatic heterocycles. The first-order chi connectivity index (χ1) is 9.83. The summed E-state index contributed by atoms with van der Waals surface area (Å²) in [6.07, 6.45) is 3.26. The number of para-hydroxylation sites is 1. The van der Waals surface area contributed by atoms with Gasteiger partial charge >= 0.3 is 0 Å². The minimum Gasteiger partial charge on any atom is -0.331 e. The smallest absolute Gasteiger partial charge is 0.177 e. The summed E-state index contributed by atoms with van der Waals surface area (Å²) in [7, 11) is -1.30. The largest absolute Gasteiger partial charge is 0.331 e. The van der Waals surface area contributed by atoms with Crippen LogP contribution in [0.4, 0.5) is 0 Å². The number of rotatable bonds is 2. The first-order valence-electron chi connectivity index (χ1n) is 7.20. The molecule has 0 unspecified atom stereocenters. The Kier molecular flexibility index (Phi) is 3.33. The maximum atomic E-state index is 12.0. The highest BCUT2D eigenvalue weighted by Gasteiger charge is 2.34. The van der Waals surface area contributed by atoms with Gasteiger partial charge in [0.1, 0.15) is 11.3 Å². The predicted molar refractivity (Wildman–Crippen MR) is 83.3 cm³/mol. The van der Waals surface area contributed by atoms with Crippen LogP contribution in [0, 0.1) is 0 Å². The van der Waals surface area contributed by atoms with E-state index in [1.54, 1.807) is 12.1 Å². The van der Waals surface area contributed by atoms with Gasteiger partial charge in [-0.05, 0) is 38.1 Å². The van der Waals surface area contributed by atoms with Crippen LogP contribution in [0.2, 0.25) is 0 Å². The lowest BCUT2D eigenvalue weighted by molar-refractivity contribution is 0.313. The number of sulfone groups is 1. The quantitative estimate of drug-likeness (QED) is 0.915. The molecule has 2 heterocycles. The van der Waals surface area contributed by atoms with Crippen molar-refractivity contribution in [2.24, 2.45) is 7.05 Å². The molecule has 3 rings (SSSR count). The van der Waals surface area contributed by atoms with E-state index in [4.69, 9.17) is 4.98 Å². The molecule has 0 bridgehead atoms. The van der Waals surface area contributed by atoms with E-state index in [9.17, 15) is 8.42 Å². The van der Waals surface area contributed by atoms with Gasteiger partial charge in [0, 0.05) is 18.7 Å². The van der Waals surface area contributed by atoms with Crippen molar-refractivity contribution in [2.45, 2.75) is 30.1 Å². The molecule has 114 valence electrons. The lowest BCUT2D eigenvalue weighted by atomic mass is 9.80. The Hall–Kier alpha value is -1.40. The fourth-order valence-corrected chi connectivity index (χ4v) is 4.06. The van der Waals surface area contributed by atoms with Gasteiger partial charge in [0.05, 0.1) is 10.4 Å². The number of piperidine rings is 1. The number of aromatic nitrogens is 2. The van der Waals surface area contributed by atoms with E-state index in [1.807, 2.05) is 13.1 Å². The molecule has 0 amide bonds. The Morgan fingerprint density at radius 1 is 1.29 bits per heavy atom. The van der Waals surface area contributed by atoms with Crippen molar-refractivity contribution in [1.82, 2.24) is 14.9 Å². The third-order valence-corrected chi connectivity index (χ3v) is 5.65. The van der Waals surface area contributed by atoms with Crippen molar-refractivity contribution in [3.05, 3.63) is 24.0 Å². The van der Waals surface area contributed by atoms with Gasteiger partial charge in [-0.3, -0.25) is 0 Å². The molecule has 1 N–H and O–H groups in total. The highest BCUT2D eigenvalue weighted by atomic mass is 32.2. The monoisotopic (exact) mass is 307 g/mol. The summed E-state index contributed by atoms with van der Waals surface area (Å²) in [4.78, 5) is 5.05. The Morgan fingerprint density at radius 3 is 2.57 bits per heavy atom. The molecule has 0 atom stereocenters. The van der Waals surface area contributed by atoms with Crippen LogP contribution >= 0.6 is 0 Å². The Morgan fingerprint density at radius 2 is 1.95 bits per heavy atom. The Balaban J connectivity index is 2.25. The second kappa shape index (κ2) is 4.81. The third-order valence-electron chi connectivity index (χ3n) is 4.52. The lowest BCUT2D eigenvalue weighted by Crippen LogP contribution is -2.39. The summed E-state index contributed by atoms with van der Waals surface area (Å²) in [6, 6.07) is 5.36. The molecule has 6 heteroatoms. The topological polar surface area (TPSA) is 64.0 Å². The molecule has 1 fully saturated rings. The van der Waals surface area contributed by atoms with Crippen molar-refractivity contribution < 1.29 is 8.42 Å². The van der Waals surface area contributed by atoms with Gasteiger partial charge in [-0.25, -0.2) is 13.4 Å². The zero-order valence-electron chi connectivity index (χ0n) is 12.7. The van der Waals surface area contributed by atoms with Crippen LogP contribution in [0.5, 0.6) is 0 Å². The first kappa shape index (κ1) is 14.5. The van der Waals surface area contributed by atoms with Crippen LogP contribution in [0.3, 0.4) is 0 Å². The Labute approximate surface area is 125 Å². The van der Waals surface area contributed by atoms with Gasteiger partial charge in [-0.1, -0.05) is 13.0 Å². The summed E-state index contributed by atoms with van der Waals surface area (Å²) >= 11 is 0. The molecule has 0 spiro atoms. The van der Waals surface area contributed by atoms with Crippen LogP contribution in [-0.2, 0) is 22.3 Å². The minimum atomic E-state index is -3.27. The van der Waals surface area contributed by atoms with Gasteiger partial charge in [0.15, 0.2) is 9.84 Å². The van der Waals surface area contributed by atoms with Gasteiger partial charge in [-0.2, -0.15) is 0 Å². The molecule has 1 saturated heterocycles. The van der Waals surface area contributed by atoms with E-state index in [1.165, 1.54) is 6.26 Å².